The van der Waals surface area contributed by atoms with Crippen LogP contribution in [0, 0.1) is 5.92 Å². The lowest BCUT2D eigenvalue weighted by molar-refractivity contribution is 0.434. The van der Waals surface area contributed by atoms with E-state index in [4.69, 9.17) is 0 Å². The molecule has 1 nitrogen and oxygen atoms in total. The van der Waals surface area contributed by atoms with Crippen LogP contribution in [0.4, 0.5) is 0 Å². The van der Waals surface area contributed by atoms with E-state index in [2.05, 4.69) is 37.9 Å². The lowest BCUT2D eigenvalue weighted by atomic mass is 9.84. The van der Waals surface area contributed by atoms with E-state index in [1.54, 1.807) is 0 Å². The van der Waals surface area contributed by atoms with E-state index < -0.39 is 0 Å². The minimum absolute atomic E-state index is 0.702. The molecule has 2 atom stereocenters. The molecule has 72 valence electrons. The Morgan fingerprint density at radius 2 is 1.77 bits per heavy atom. The van der Waals surface area contributed by atoms with Gasteiger partial charge in [0.25, 0.3) is 0 Å². The smallest absolute Gasteiger partial charge is 0.0270 e. The molecule has 1 heteroatoms. The molecule has 0 saturated heterocycles. The van der Waals surface area contributed by atoms with E-state index >= 15 is 0 Å². The lowest BCUT2D eigenvalue weighted by Crippen LogP contribution is -2.07. The maximum atomic E-state index is 4.05. The summed E-state index contributed by atoms with van der Waals surface area (Å²) in [7, 11) is 0. The van der Waals surface area contributed by atoms with Crippen molar-refractivity contribution >= 4 is 0 Å². The molecule has 1 aromatic heterocycles. The topological polar surface area (TPSA) is 12.9 Å². The van der Waals surface area contributed by atoms with Crippen molar-refractivity contribution in [3.8, 4) is 0 Å². The summed E-state index contributed by atoms with van der Waals surface area (Å²) < 4.78 is 0. The number of aromatic nitrogens is 1. The summed E-state index contributed by atoms with van der Waals surface area (Å²) in [6.45, 7) is 6.85. The molecule has 0 aliphatic rings. The Bertz CT molecular complexity index is 230. The van der Waals surface area contributed by atoms with E-state index in [1.807, 2.05) is 12.4 Å². The van der Waals surface area contributed by atoms with Gasteiger partial charge in [0, 0.05) is 12.4 Å². The fraction of sp³-hybridized carbons (Fsp3) is 0.583. The number of pyridine rings is 1. The molecule has 2 unspecified atom stereocenters. The highest BCUT2D eigenvalue weighted by molar-refractivity contribution is 5.16. The quantitative estimate of drug-likeness (QED) is 0.684. The van der Waals surface area contributed by atoms with Gasteiger partial charge in [0.1, 0.15) is 0 Å². The highest BCUT2D eigenvalue weighted by atomic mass is 14.6. The Hall–Kier alpha value is -0.850. The van der Waals surface area contributed by atoms with Crippen molar-refractivity contribution in [2.75, 3.05) is 0 Å². The van der Waals surface area contributed by atoms with Gasteiger partial charge in [0.15, 0.2) is 0 Å². The standard InChI is InChI=1S/C12H19N/c1-4-10(3)12(5-2)11-6-8-13-9-7-11/h6-10,12H,4-5H2,1-3H3. The minimum Gasteiger partial charge on any atom is -0.265 e. The summed E-state index contributed by atoms with van der Waals surface area (Å²) >= 11 is 0. The van der Waals surface area contributed by atoms with Crippen molar-refractivity contribution in [2.45, 2.75) is 39.5 Å². The molecule has 1 rings (SSSR count). The van der Waals surface area contributed by atoms with Gasteiger partial charge in [-0.2, -0.15) is 0 Å². The SMILES string of the molecule is CCC(C)C(CC)c1ccncc1. The van der Waals surface area contributed by atoms with Crippen molar-refractivity contribution < 1.29 is 0 Å². The molecule has 0 amide bonds. The Kier molecular flexibility index (Phi) is 3.94. The highest BCUT2D eigenvalue weighted by Gasteiger charge is 2.15. The molecular formula is C12H19N. The van der Waals surface area contributed by atoms with Crippen molar-refractivity contribution in [3.63, 3.8) is 0 Å². The van der Waals surface area contributed by atoms with E-state index in [0.29, 0.717) is 5.92 Å². The van der Waals surface area contributed by atoms with Crippen LogP contribution in [0.3, 0.4) is 0 Å². The predicted octanol–water partition coefficient (Wildman–Crippen LogP) is 3.62. The molecule has 1 aromatic rings. The first-order chi connectivity index (χ1) is 6.29. The van der Waals surface area contributed by atoms with Crippen LogP contribution in [0.1, 0.15) is 45.1 Å². The van der Waals surface area contributed by atoms with Crippen LogP contribution < -0.4 is 0 Å². The van der Waals surface area contributed by atoms with Crippen molar-refractivity contribution in [1.82, 2.24) is 4.98 Å². The Morgan fingerprint density at radius 1 is 1.15 bits per heavy atom. The van der Waals surface area contributed by atoms with Crippen molar-refractivity contribution in [3.05, 3.63) is 30.1 Å². The van der Waals surface area contributed by atoms with E-state index in [1.165, 1.54) is 18.4 Å². The first-order valence-electron chi connectivity index (χ1n) is 5.19. The van der Waals surface area contributed by atoms with E-state index in [-0.39, 0.29) is 0 Å². The van der Waals surface area contributed by atoms with Crippen LogP contribution >= 0.6 is 0 Å². The van der Waals surface area contributed by atoms with Crippen LogP contribution in [0.15, 0.2) is 24.5 Å². The van der Waals surface area contributed by atoms with Gasteiger partial charge in [-0.1, -0.05) is 27.2 Å². The van der Waals surface area contributed by atoms with Crippen LogP contribution in [-0.2, 0) is 0 Å². The van der Waals surface area contributed by atoms with Gasteiger partial charge in [-0.3, -0.25) is 4.98 Å². The fourth-order valence-corrected chi connectivity index (χ4v) is 1.86. The summed E-state index contributed by atoms with van der Waals surface area (Å²) in [5.74, 6) is 1.47. The van der Waals surface area contributed by atoms with Gasteiger partial charge in [0.2, 0.25) is 0 Å². The Morgan fingerprint density at radius 3 is 2.23 bits per heavy atom. The first kappa shape index (κ1) is 10.2. The minimum atomic E-state index is 0.702. The maximum Gasteiger partial charge on any atom is 0.0270 e. The third-order valence-corrected chi connectivity index (χ3v) is 2.90. The lowest BCUT2D eigenvalue weighted by Gasteiger charge is -2.21. The summed E-state index contributed by atoms with van der Waals surface area (Å²) in [6, 6.07) is 4.28. The molecular weight excluding hydrogens is 158 g/mol. The first-order valence-corrected chi connectivity index (χ1v) is 5.19. The molecule has 0 bridgehead atoms. The summed E-state index contributed by atoms with van der Waals surface area (Å²) in [5.41, 5.74) is 1.44. The molecule has 0 aromatic carbocycles. The average Bonchev–Trinajstić information content (AvgIpc) is 2.20. The molecule has 0 saturated carbocycles. The number of nitrogens with zero attached hydrogens (tertiary/aromatic N) is 1. The van der Waals surface area contributed by atoms with Crippen LogP contribution in [0.2, 0.25) is 0 Å². The summed E-state index contributed by atoms with van der Waals surface area (Å²) in [4.78, 5) is 4.05. The van der Waals surface area contributed by atoms with E-state index in [9.17, 15) is 0 Å². The molecule has 0 fully saturated rings. The molecule has 0 N–H and O–H groups in total. The van der Waals surface area contributed by atoms with Crippen LogP contribution in [-0.4, -0.2) is 4.98 Å². The zero-order valence-electron chi connectivity index (χ0n) is 8.83. The predicted molar refractivity (Wildman–Crippen MR) is 56.7 cm³/mol. The molecule has 13 heavy (non-hydrogen) atoms. The van der Waals surface area contributed by atoms with Gasteiger partial charge >= 0.3 is 0 Å². The maximum absolute atomic E-state index is 4.05. The van der Waals surface area contributed by atoms with Crippen LogP contribution in [0.25, 0.3) is 0 Å². The van der Waals surface area contributed by atoms with Gasteiger partial charge < -0.3 is 0 Å². The average molecular weight is 177 g/mol. The molecule has 0 aliphatic carbocycles. The van der Waals surface area contributed by atoms with Crippen molar-refractivity contribution in [1.29, 1.82) is 0 Å². The number of hydrogen-bond acceptors (Lipinski definition) is 1. The molecule has 1 heterocycles. The van der Waals surface area contributed by atoms with Gasteiger partial charge in [-0.15, -0.1) is 0 Å². The number of rotatable bonds is 4. The fourth-order valence-electron chi connectivity index (χ4n) is 1.86. The monoisotopic (exact) mass is 177 g/mol. The van der Waals surface area contributed by atoms with Crippen LogP contribution in [0.5, 0.6) is 0 Å². The van der Waals surface area contributed by atoms with Crippen molar-refractivity contribution in [2.24, 2.45) is 5.92 Å². The second kappa shape index (κ2) is 5.00. The molecule has 0 radical (unpaired) electrons. The van der Waals surface area contributed by atoms with Gasteiger partial charge in [-0.25, -0.2) is 0 Å². The zero-order chi connectivity index (χ0) is 9.68. The second-order valence-corrected chi connectivity index (χ2v) is 3.68. The largest absolute Gasteiger partial charge is 0.265 e. The normalized spacial score (nSPS) is 15.3. The van der Waals surface area contributed by atoms with Gasteiger partial charge in [0.05, 0.1) is 0 Å². The molecule has 0 spiro atoms. The third kappa shape index (κ3) is 2.55. The molecule has 0 aliphatic heterocycles. The summed E-state index contributed by atoms with van der Waals surface area (Å²) in [6.07, 6.45) is 6.25. The third-order valence-electron chi connectivity index (χ3n) is 2.90. The highest BCUT2D eigenvalue weighted by Crippen LogP contribution is 2.29. The Labute approximate surface area is 81.2 Å². The van der Waals surface area contributed by atoms with E-state index in [0.717, 1.165) is 5.92 Å². The number of hydrogen-bond donors (Lipinski definition) is 0. The summed E-state index contributed by atoms with van der Waals surface area (Å²) in [5, 5.41) is 0. The zero-order valence-corrected chi connectivity index (χ0v) is 8.83. The second-order valence-electron chi connectivity index (χ2n) is 3.68. The van der Waals surface area contributed by atoms with Gasteiger partial charge in [-0.05, 0) is 36.0 Å². The Balaban J connectivity index is 2.78.